The zero-order valence-electron chi connectivity index (χ0n) is 13.4. The maximum absolute atomic E-state index is 12.3. The molecule has 7 nitrogen and oxygen atoms in total. The highest BCUT2D eigenvalue weighted by Gasteiger charge is 2.33. The summed E-state index contributed by atoms with van der Waals surface area (Å²) in [6.07, 6.45) is 1.87. The van der Waals surface area contributed by atoms with E-state index in [9.17, 15) is 14.4 Å². The van der Waals surface area contributed by atoms with E-state index in [2.05, 4.69) is 6.92 Å². The Labute approximate surface area is 131 Å². The molecule has 2 aliphatic rings. The molecule has 0 unspecified atom stereocenters. The second-order valence-electron chi connectivity index (χ2n) is 6.08. The average molecular weight is 311 g/mol. The van der Waals surface area contributed by atoms with Crippen molar-refractivity contribution in [3.8, 4) is 0 Å². The molecule has 0 aromatic heterocycles. The number of carbonyl (C=O) groups is 3. The van der Waals surface area contributed by atoms with E-state index in [0.29, 0.717) is 45.2 Å². The maximum Gasteiger partial charge on any atom is 0.312 e. The summed E-state index contributed by atoms with van der Waals surface area (Å²) >= 11 is 0. The van der Waals surface area contributed by atoms with Crippen LogP contribution in [0.2, 0.25) is 0 Å². The predicted octanol–water partition coefficient (Wildman–Crippen LogP) is -0.438. The van der Waals surface area contributed by atoms with Gasteiger partial charge in [0.05, 0.1) is 6.61 Å². The lowest BCUT2D eigenvalue weighted by Gasteiger charge is -2.36. The van der Waals surface area contributed by atoms with E-state index < -0.39 is 11.8 Å². The molecule has 0 aliphatic carbocycles. The molecular formula is C15H25N3O4. The molecule has 124 valence electrons. The second-order valence-corrected chi connectivity index (χ2v) is 6.08. The van der Waals surface area contributed by atoms with Crippen LogP contribution in [0.15, 0.2) is 0 Å². The summed E-state index contributed by atoms with van der Waals surface area (Å²) in [6, 6.07) is 0. The third kappa shape index (κ3) is 3.97. The van der Waals surface area contributed by atoms with Crippen molar-refractivity contribution in [3.63, 3.8) is 0 Å². The minimum Gasteiger partial charge on any atom is -0.383 e. The smallest absolute Gasteiger partial charge is 0.312 e. The van der Waals surface area contributed by atoms with Gasteiger partial charge in [-0.1, -0.05) is 6.92 Å². The van der Waals surface area contributed by atoms with Crippen LogP contribution in [-0.2, 0) is 19.1 Å². The number of hydrogen-bond acceptors (Lipinski definition) is 4. The summed E-state index contributed by atoms with van der Waals surface area (Å²) in [5.41, 5.74) is 0. The number of amides is 3. The fraction of sp³-hybridized carbons (Fsp3) is 0.800. The molecule has 2 rings (SSSR count). The largest absolute Gasteiger partial charge is 0.383 e. The highest BCUT2D eigenvalue weighted by molar-refractivity contribution is 6.35. The van der Waals surface area contributed by atoms with Gasteiger partial charge in [0, 0.05) is 39.8 Å². The van der Waals surface area contributed by atoms with Crippen LogP contribution in [0.1, 0.15) is 19.8 Å². The molecule has 0 spiro atoms. The van der Waals surface area contributed by atoms with Crippen molar-refractivity contribution < 1.29 is 19.1 Å². The van der Waals surface area contributed by atoms with Gasteiger partial charge in [0.25, 0.3) is 0 Å². The first-order chi connectivity index (χ1) is 10.5. The summed E-state index contributed by atoms with van der Waals surface area (Å²) < 4.78 is 4.96. The Morgan fingerprint density at radius 1 is 1.09 bits per heavy atom. The number of rotatable bonds is 3. The van der Waals surface area contributed by atoms with Crippen LogP contribution in [0.3, 0.4) is 0 Å². The van der Waals surface area contributed by atoms with E-state index in [1.54, 1.807) is 16.9 Å². The van der Waals surface area contributed by atoms with Crippen molar-refractivity contribution in [1.29, 1.82) is 0 Å². The van der Waals surface area contributed by atoms with Gasteiger partial charge in [0.1, 0.15) is 6.54 Å². The molecule has 22 heavy (non-hydrogen) atoms. The Bertz CT molecular complexity index is 433. The number of piperazine rings is 1. The van der Waals surface area contributed by atoms with Crippen molar-refractivity contribution in [2.45, 2.75) is 19.8 Å². The van der Waals surface area contributed by atoms with Crippen LogP contribution < -0.4 is 0 Å². The summed E-state index contributed by atoms with van der Waals surface area (Å²) in [5.74, 6) is -0.541. The van der Waals surface area contributed by atoms with Crippen LogP contribution in [0.25, 0.3) is 0 Å². The van der Waals surface area contributed by atoms with E-state index in [1.807, 2.05) is 0 Å². The molecule has 3 amide bonds. The van der Waals surface area contributed by atoms with Gasteiger partial charge in [-0.2, -0.15) is 0 Å². The highest BCUT2D eigenvalue weighted by atomic mass is 16.5. The van der Waals surface area contributed by atoms with E-state index in [-0.39, 0.29) is 12.5 Å². The quantitative estimate of drug-likeness (QED) is 0.663. The SMILES string of the molecule is COCCN1CCN(C(=O)C(=O)N2CCC(C)CC2)CC1=O. The van der Waals surface area contributed by atoms with Crippen LogP contribution >= 0.6 is 0 Å². The molecule has 2 saturated heterocycles. The summed E-state index contributed by atoms with van der Waals surface area (Å²) in [5, 5.41) is 0. The van der Waals surface area contributed by atoms with E-state index >= 15 is 0 Å². The standard InChI is InChI=1S/C15H25N3O4/c1-12-3-5-17(6-4-12)14(20)15(21)18-8-7-16(9-10-22-2)13(19)11-18/h12H,3-11H2,1-2H3. The Kier molecular flexibility index (Phi) is 5.76. The van der Waals surface area contributed by atoms with Crippen molar-refractivity contribution >= 4 is 17.7 Å². The first kappa shape index (κ1) is 16.7. The third-order valence-corrected chi connectivity index (χ3v) is 4.43. The first-order valence-corrected chi connectivity index (χ1v) is 7.87. The Morgan fingerprint density at radius 2 is 1.73 bits per heavy atom. The average Bonchev–Trinajstić information content (AvgIpc) is 2.53. The van der Waals surface area contributed by atoms with Gasteiger partial charge in [-0.05, 0) is 18.8 Å². The van der Waals surface area contributed by atoms with Crippen molar-refractivity contribution in [3.05, 3.63) is 0 Å². The third-order valence-electron chi connectivity index (χ3n) is 4.43. The van der Waals surface area contributed by atoms with Gasteiger partial charge in [-0.25, -0.2) is 0 Å². The Balaban J connectivity index is 1.85. The lowest BCUT2D eigenvalue weighted by molar-refractivity contribution is -0.156. The van der Waals surface area contributed by atoms with E-state index in [1.165, 1.54) is 4.90 Å². The second kappa shape index (κ2) is 7.58. The summed E-state index contributed by atoms with van der Waals surface area (Å²) in [4.78, 5) is 41.2. The monoisotopic (exact) mass is 311 g/mol. The molecule has 2 fully saturated rings. The number of methoxy groups -OCH3 is 1. The van der Waals surface area contributed by atoms with Gasteiger partial charge < -0.3 is 19.4 Å². The number of hydrogen-bond donors (Lipinski definition) is 0. The van der Waals surface area contributed by atoms with E-state index in [0.717, 1.165) is 12.8 Å². The number of piperidine rings is 1. The van der Waals surface area contributed by atoms with Gasteiger partial charge in [-0.15, -0.1) is 0 Å². The zero-order chi connectivity index (χ0) is 16.1. The van der Waals surface area contributed by atoms with Gasteiger partial charge in [0.15, 0.2) is 0 Å². The minimum atomic E-state index is -0.547. The first-order valence-electron chi connectivity index (χ1n) is 7.87. The lowest BCUT2D eigenvalue weighted by atomic mass is 9.99. The molecule has 0 saturated carbocycles. The summed E-state index contributed by atoms with van der Waals surface area (Å²) in [6.45, 7) is 5.27. The maximum atomic E-state index is 12.3. The number of ether oxygens (including phenoxy) is 1. The molecule has 0 bridgehead atoms. The molecule has 0 N–H and O–H groups in total. The molecule has 2 aliphatic heterocycles. The normalized spacial score (nSPS) is 20.5. The molecule has 0 aromatic rings. The summed E-state index contributed by atoms with van der Waals surface area (Å²) in [7, 11) is 1.59. The van der Waals surface area contributed by atoms with Crippen LogP contribution in [0.4, 0.5) is 0 Å². The van der Waals surface area contributed by atoms with Gasteiger partial charge >= 0.3 is 11.8 Å². The fourth-order valence-corrected chi connectivity index (χ4v) is 2.80. The molecule has 7 heteroatoms. The van der Waals surface area contributed by atoms with Crippen molar-refractivity contribution in [2.75, 3.05) is 53.0 Å². The molecule has 0 atom stereocenters. The van der Waals surface area contributed by atoms with Crippen LogP contribution in [0.5, 0.6) is 0 Å². The number of carbonyl (C=O) groups excluding carboxylic acids is 3. The van der Waals surface area contributed by atoms with Gasteiger partial charge in [-0.3, -0.25) is 14.4 Å². The topological polar surface area (TPSA) is 70.2 Å². The minimum absolute atomic E-state index is 0.0153. The molecule has 2 heterocycles. The molecular weight excluding hydrogens is 286 g/mol. The number of likely N-dealkylation sites (tertiary alicyclic amines) is 1. The van der Waals surface area contributed by atoms with Crippen LogP contribution in [-0.4, -0.2) is 85.4 Å². The molecule has 0 radical (unpaired) electrons. The fourth-order valence-electron chi connectivity index (χ4n) is 2.80. The van der Waals surface area contributed by atoms with E-state index in [4.69, 9.17) is 4.74 Å². The highest BCUT2D eigenvalue weighted by Crippen LogP contribution is 2.16. The zero-order valence-corrected chi connectivity index (χ0v) is 13.4. The predicted molar refractivity (Wildman–Crippen MR) is 80.0 cm³/mol. The van der Waals surface area contributed by atoms with Crippen LogP contribution in [0, 0.1) is 5.92 Å². The van der Waals surface area contributed by atoms with Crippen molar-refractivity contribution in [2.24, 2.45) is 5.92 Å². The van der Waals surface area contributed by atoms with Crippen molar-refractivity contribution in [1.82, 2.24) is 14.7 Å². The lowest BCUT2D eigenvalue weighted by Crippen LogP contribution is -2.56. The number of nitrogens with zero attached hydrogens (tertiary/aromatic N) is 3. The van der Waals surface area contributed by atoms with Gasteiger partial charge in [0.2, 0.25) is 5.91 Å². The Morgan fingerprint density at radius 3 is 2.32 bits per heavy atom. The molecule has 0 aromatic carbocycles. The Hall–Kier alpha value is -1.63.